The number of anilines is 2. The fraction of sp³-hybridized carbons (Fsp3) is 0.417. The average Bonchev–Trinajstić information content (AvgIpc) is 2.99. The van der Waals surface area contributed by atoms with Crippen LogP contribution in [0.5, 0.6) is 0 Å². The van der Waals surface area contributed by atoms with Gasteiger partial charge in [0.05, 0.1) is 16.1 Å². The molecule has 0 unspecified atom stereocenters. The average molecular weight is 426 g/mol. The van der Waals surface area contributed by atoms with Crippen molar-refractivity contribution < 1.29 is 9.90 Å². The minimum absolute atomic E-state index is 0.304. The Labute approximate surface area is 182 Å². The zero-order chi connectivity index (χ0) is 21.4. The molecular formula is C24H28ClN3O2. The molecule has 0 saturated heterocycles. The molecule has 2 aromatic carbocycles. The number of aryl methyl sites for hydroxylation is 2. The van der Waals surface area contributed by atoms with E-state index in [-0.39, 0.29) is 0 Å². The molecule has 3 aromatic rings. The van der Waals surface area contributed by atoms with Crippen molar-refractivity contribution in [3.8, 4) is 0 Å². The molecular weight excluding hydrogens is 398 g/mol. The molecule has 0 amide bonds. The summed E-state index contributed by atoms with van der Waals surface area (Å²) in [6.45, 7) is 8.17. The minimum Gasteiger partial charge on any atom is -0.478 e. The van der Waals surface area contributed by atoms with Crippen LogP contribution in [-0.4, -0.2) is 27.2 Å². The number of hydrogen-bond acceptors (Lipinski definition) is 3. The summed E-state index contributed by atoms with van der Waals surface area (Å²) in [5.41, 5.74) is 5.57. The number of carboxylic acids is 1. The van der Waals surface area contributed by atoms with Gasteiger partial charge < -0.3 is 14.6 Å². The van der Waals surface area contributed by atoms with E-state index in [1.807, 2.05) is 19.1 Å². The van der Waals surface area contributed by atoms with Crippen LogP contribution in [0.2, 0.25) is 5.02 Å². The third-order valence-electron chi connectivity index (χ3n) is 6.27. The highest BCUT2D eigenvalue weighted by molar-refractivity contribution is 6.35. The standard InChI is InChI=1S/C24H28ClN3O2/c1-4-16(5-2)18-9-10-19(25)21-22(18)28-13-7-6-12-27(24(28)26-21)20-11-8-17(23(29)30)14-15(20)3/h8-11,14,16H,4-7,12-13H2,1-3H3,(H,29,30). The second kappa shape index (κ2) is 8.31. The number of fused-ring (bicyclic) bond motifs is 3. The summed E-state index contributed by atoms with van der Waals surface area (Å²) in [7, 11) is 0. The second-order valence-corrected chi connectivity index (χ2v) is 8.48. The molecule has 0 atom stereocenters. The first kappa shape index (κ1) is 20.7. The molecule has 4 rings (SSSR count). The Kier molecular flexibility index (Phi) is 5.74. The number of halogens is 1. The maximum atomic E-state index is 11.4. The molecule has 158 valence electrons. The van der Waals surface area contributed by atoms with E-state index in [9.17, 15) is 9.90 Å². The first-order valence-corrected chi connectivity index (χ1v) is 11.1. The van der Waals surface area contributed by atoms with Gasteiger partial charge in [0.25, 0.3) is 0 Å². The van der Waals surface area contributed by atoms with Crippen LogP contribution < -0.4 is 4.90 Å². The number of imidazole rings is 1. The summed E-state index contributed by atoms with van der Waals surface area (Å²) in [6.07, 6.45) is 4.27. The predicted molar refractivity (Wildman–Crippen MR) is 122 cm³/mol. The van der Waals surface area contributed by atoms with Crippen molar-refractivity contribution in [1.82, 2.24) is 9.55 Å². The Morgan fingerprint density at radius 1 is 1.17 bits per heavy atom. The molecule has 5 nitrogen and oxygen atoms in total. The van der Waals surface area contributed by atoms with Gasteiger partial charge in [0.1, 0.15) is 5.52 Å². The summed E-state index contributed by atoms with van der Waals surface area (Å²) in [6, 6.07) is 9.45. The highest BCUT2D eigenvalue weighted by atomic mass is 35.5. The predicted octanol–water partition coefficient (Wildman–Crippen LogP) is 6.53. The van der Waals surface area contributed by atoms with Crippen molar-refractivity contribution in [2.45, 2.75) is 58.9 Å². The Balaban J connectivity index is 1.93. The first-order chi connectivity index (χ1) is 14.5. The van der Waals surface area contributed by atoms with Crippen LogP contribution in [-0.2, 0) is 6.54 Å². The molecule has 0 aliphatic carbocycles. The van der Waals surface area contributed by atoms with Gasteiger partial charge >= 0.3 is 5.97 Å². The summed E-state index contributed by atoms with van der Waals surface area (Å²) < 4.78 is 2.33. The summed E-state index contributed by atoms with van der Waals surface area (Å²) in [5, 5.41) is 10.0. The van der Waals surface area contributed by atoms with Crippen LogP contribution >= 0.6 is 11.6 Å². The van der Waals surface area contributed by atoms with Crippen molar-refractivity contribution in [2.75, 3.05) is 11.4 Å². The van der Waals surface area contributed by atoms with Crippen LogP contribution in [0, 0.1) is 6.92 Å². The number of aromatic nitrogens is 2. The van der Waals surface area contributed by atoms with E-state index in [0.29, 0.717) is 16.5 Å². The zero-order valence-electron chi connectivity index (χ0n) is 17.8. The van der Waals surface area contributed by atoms with Gasteiger partial charge in [-0.1, -0.05) is 31.5 Å². The molecule has 1 aliphatic rings. The molecule has 1 aliphatic heterocycles. The molecule has 0 radical (unpaired) electrons. The Morgan fingerprint density at radius 3 is 2.57 bits per heavy atom. The van der Waals surface area contributed by atoms with Crippen LogP contribution in [0.25, 0.3) is 11.0 Å². The Morgan fingerprint density at radius 2 is 1.90 bits per heavy atom. The third kappa shape index (κ3) is 3.45. The monoisotopic (exact) mass is 425 g/mol. The molecule has 0 saturated carbocycles. The lowest BCUT2D eigenvalue weighted by Gasteiger charge is -2.24. The number of aromatic carboxylic acids is 1. The molecule has 30 heavy (non-hydrogen) atoms. The molecule has 0 fully saturated rings. The largest absolute Gasteiger partial charge is 0.478 e. The summed E-state index contributed by atoms with van der Waals surface area (Å²) in [5.74, 6) is 0.460. The Bertz CT molecular complexity index is 1100. The van der Waals surface area contributed by atoms with Crippen LogP contribution in [0.1, 0.15) is 66.9 Å². The van der Waals surface area contributed by atoms with Gasteiger partial charge in [-0.2, -0.15) is 0 Å². The van der Waals surface area contributed by atoms with Gasteiger partial charge in [-0.3, -0.25) is 0 Å². The van der Waals surface area contributed by atoms with Crippen molar-refractivity contribution in [2.24, 2.45) is 0 Å². The van der Waals surface area contributed by atoms with Crippen LogP contribution in [0.4, 0.5) is 11.6 Å². The number of benzene rings is 2. The highest BCUT2D eigenvalue weighted by Gasteiger charge is 2.26. The van der Waals surface area contributed by atoms with Gasteiger partial charge in [-0.05, 0) is 73.9 Å². The maximum absolute atomic E-state index is 11.4. The fourth-order valence-electron chi connectivity index (χ4n) is 4.66. The summed E-state index contributed by atoms with van der Waals surface area (Å²) in [4.78, 5) is 18.6. The molecule has 1 N–H and O–H groups in total. The van der Waals surface area contributed by atoms with E-state index in [4.69, 9.17) is 16.6 Å². The van der Waals surface area contributed by atoms with E-state index in [1.54, 1.807) is 12.1 Å². The lowest BCUT2D eigenvalue weighted by atomic mass is 9.93. The van der Waals surface area contributed by atoms with Gasteiger partial charge in [0.15, 0.2) is 0 Å². The number of nitrogens with zero attached hydrogens (tertiary/aromatic N) is 3. The molecule has 1 aromatic heterocycles. The molecule has 0 spiro atoms. The van der Waals surface area contributed by atoms with Crippen LogP contribution in [0.3, 0.4) is 0 Å². The third-order valence-corrected chi connectivity index (χ3v) is 6.58. The van der Waals surface area contributed by atoms with Crippen LogP contribution in [0.15, 0.2) is 30.3 Å². The van der Waals surface area contributed by atoms with Gasteiger partial charge in [-0.25, -0.2) is 9.78 Å². The normalized spacial score (nSPS) is 14.2. The van der Waals surface area contributed by atoms with Gasteiger partial charge in [-0.15, -0.1) is 0 Å². The molecule has 6 heteroatoms. The fourth-order valence-corrected chi connectivity index (χ4v) is 4.85. The van der Waals surface area contributed by atoms with Crippen molar-refractivity contribution in [3.63, 3.8) is 0 Å². The highest BCUT2D eigenvalue weighted by Crippen LogP contribution is 2.39. The van der Waals surface area contributed by atoms with E-state index >= 15 is 0 Å². The van der Waals surface area contributed by atoms with Crippen molar-refractivity contribution in [1.29, 1.82) is 0 Å². The van der Waals surface area contributed by atoms with E-state index in [2.05, 4.69) is 29.4 Å². The zero-order valence-corrected chi connectivity index (χ0v) is 18.5. The smallest absolute Gasteiger partial charge is 0.335 e. The topological polar surface area (TPSA) is 58.4 Å². The molecule has 0 bridgehead atoms. The van der Waals surface area contributed by atoms with Gasteiger partial charge in [0, 0.05) is 18.8 Å². The maximum Gasteiger partial charge on any atom is 0.335 e. The number of carboxylic acid groups (broad SMARTS) is 1. The number of carbonyl (C=O) groups is 1. The summed E-state index contributed by atoms with van der Waals surface area (Å²) >= 11 is 6.60. The number of hydrogen-bond donors (Lipinski definition) is 1. The first-order valence-electron chi connectivity index (χ1n) is 10.8. The van der Waals surface area contributed by atoms with Crippen molar-refractivity contribution >= 4 is 40.2 Å². The van der Waals surface area contributed by atoms with Gasteiger partial charge in [0.2, 0.25) is 5.95 Å². The lowest BCUT2D eigenvalue weighted by Crippen LogP contribution is -2.21. The quantitative estimate of drug-likeness (QED) is 0.504. The Hall–Kier alpha value is -2.53. The van der Waals surface area contributed by atoms with Crippen molar-refractivity contribution in [3.05, 3.63) is 52.0 Å². The minimum atomic E-state index is -0.908. The second-order valence-electron chi connectivity index (χ2n) is 8.08. The van der Waals surface area contributed by atoms with E-state index in [1.165, 1.54) is 5.56 Å². The SMILES string of the molecule is CCC(CC)c1ccc(Cl)c2nc3n(c12)CCCCN3c1ccc(C(=O)O)cc1C. The van der Waals surface area contributed by atoms with E-state index < -0.39 is 5.97 Å². The number of rotatable bonds is 5. The van der Waals surface area contributed by atoms with E-state index in [0.717, 1.165) is 67.0 Å². The lowest BCUT2D eigenvalue weighted by molar-refractivity contribution is 0.0697. The molecule has 2 heterocycles.